The fourth-order valence-corrected chi connectivity index (χ4v) is 2.55. The zero-order chi connectivity index (χ0) is 18.2. The summed E-state index contributed by atoms with van der Waals surface area (Å²) in [6, 6.07) is 11.7. The van der Waals surface area contributed by atoms with Gasteiger partial charge in [-0.15, -0.1) is 0 Å². The summed E-state index contributed by atoms with van der Waals surface area (Å²) in [5.41, 5.74) is 1.61. The van der Waals surface area contributed by atoms with Crippen molar-refractivity contribution in [3.63, 3.8) is 0 Å². The smallest absolute Gasteiger partial charge is 0.341 e. The number of furan rings is 1. The van der Waals surface area contributed by atoms with Gasteiger partial charge in [0, 0.05) is 6.54 Å². The maximum atomic E-state index is 12.0. The normalized spacial score (nSPS) is 10.7. The molecule has 25 heavy (non-hydrogen) atoms. The molecule has 0 atom stereocenters. The van der Waals surface area contributed by atoms with Gasteiger partial charge in [0.15, 0.2) is 0 Å². The first-order chi connectivity index (χ1) is 12.0. The third kappa shape index (κ3) is 5.76. The highest BCUT2D eigenvalue weighted by Crippen LogP contribution is 2.16. The summed E-state index contributed by atoms with van der Waals surface area (Å²) in [5, 5.41) is 2.91. The third-order valence-electron chi connectivity index (χ3n) is 3.79. The van der Waals surface area contributed by atoms with Crippen molar-refractivity contribution in [2.45, 2.75) is 19.9 Å². The number of amides is 1. The van der Waals surface area contributed by atoms with Crippen LogP contribution in [0, 0.1) is 6.92 Å². The molecule has 1 aromatic carbocycles. The Bertz CT molecular complexity index is 709. The number of methoxy groups -OCH3 is 1. The summed E-state index contributed by atoms with van der Waals surface area (Å²) in [5.74, 6) is 0.670. The lowest BCUT2D eigenvalue weighted by molar-refractivity contribution is -0.122. The van der Waals surface area contributed by atoms with E-state index < -0.39 is 5.97 Å². The molecule has 0 aliphatic rings. The third-order valence-corrected chi connectivity index (χ3v) is 3.79. The molecule has 0 fully saturated rings. The zero-order valence-electron chi connectivity index (χ0n) is 14.9. The number of likely N-dealkylation sites (N-methyl/N-ethyl adjacent to an activating group) is 1. The van der Waals surface area contributed by atoms with E-state index in [1.807, 2.05) is 42.3 Å². The van der Waals surface area contributed by atoms with Crippen LogP contribution in [0.15, 0.2) is 40.8 Å². The van der Waals surface area contributed by atoms with Crippen molar-refractivity contribution in [2.24, 2.45) is 0 Å². The minimum atomic E-state index is -0.422. The molecule has 1 amide bonds. The van der Waals surface area contributed by atoms with Gasteiger partial charge in [-0.3, -0.25) is 9.69 Å². The molecule has 0 spiro atoms. The van der Waals surface area contributed by atoms with Crippen LogP contribution in [0.2, 0.25) is 0 Å². The molecule has 0 radical (unpaired) electrons. The van der Waals surface area contributed by atoms with E-state index in [2.05, 4.69) is 5.32 Å². The Morgan fingerprint density at radius 2 is 1.96 bits per heavy atom. The van der Waals surface area contributed by atoms with Gasteiger partial charge < -0.3 is 14.5 Å². The fraction of sp³-hybridized carbons (Fsp3) is 0.368. The van der Waals surface area contributed by atoms with Gasteiger partial charge >= 0.3 is 5.97 Å². The van der Waals surface area contributed by atoms with Gasteiger partial charge in [0.05, 0.1) is 20.2 Å². The second kappa shape index (κ2) is 9.03. The Morgan fingerprint density at radius 3 is 2.64 bits per heavy atom. The lowest BCUT2D eigenvalue weighted by atomic mass is 10.1. The number of rotatable bonds is 8. The number of benzene rings is 1. The Labute approximate surface area is 147 Å². The number of carbonyl (C=O) groups is 2. The van der Waals surface area contributed by atoms with Gasteiger partial charge in [-0.1, -0.05) is 30.3 Å². The van der Waals surface area contributed by atoms with Gasteiger partial charge in [-0.05, 0) is 32.0 Å². The first-order valence-corrected chi connectivity index (χ1v) is 8.16. The average Bonchev–Trinajstić information content (AvgIpc) is 2.95. The number of ether oxygens (including phenoxy) is 1. The van der Waals surface area contributed by atoms with Crippen LogP contribution >= 0.6 is 0 Å². The second-order valence-corrected chi connectivity index (χ2v) is 5.93. The number of esters is 1. The number of nitrogens with one attached hydrogen (secondary N) is 1. The van der Waals surface area contributed by atoms with E-state index in [4.69, 9.17) is 9.15 Å². The summed E-state index contributed by atoms with van der Waals surface area (Å²) in [6.07, 6.45) is 0.802. The SMILES string of the molecule is COC(=O)c1cc(CN(C)CC(=O)NCCc2ccccc2)oc1C. The molecule has 0 unspecified atom stereocenters. The Balaban J connectivity index is 1.76. The number of hydrogen-bond donors (Lipinski definition) is 1. The van der Waals surface area contributed by atoms with Gasteiger partial charge in [0.25, 0.3) is 0 Å². The molecule has 2 aromatic rings. The minimum absolute atomic E-state index is 0.0464. The molecule has 0 saturated heterocycles. The summed E-state index contributed by atoms with van der Waals surface area (Å²) < 4.78 is 10.3. The highest BCUT2D eigenvalue weighted by molar-refractivity contribution is 5.90. The van der Waals surface area contributed by atoms with Crippen molar-refractivity contribution in [3.05, 3.63) is 59.0 Å². The molecule has 1 heterocycles. The zero-order valence-corrected chi connectivity index (χ0v) is 14.9. The van der Waals surface area contributed by atoms with Crippen LogP contribution in [0.4, 0.5) is 0 Å². The summed E-state index contributed by atoms with van der Waals surface area (Å²) in [7, 11) is 3.16. The molecular formula is C19H24N2O4. The molecule has 1 aromatic heterocycles. The molecule has 6 nitrogen and oxygen atoms in total. The van der Waals surface area contributed by atoms with Crippen LogP contribution in [0.25, 0.3) is 0 Å². The van der Waals surface area contributed by atoms with E-state index in [1.165, 1.54) is 12.7 Å². The summed E-state index contributed by atoms with van der Waals surface area (Å²) in [4.78, 5) is 25.4. The summed E-state index contributed by atoms with van der Waals surface area (Å²) in [6.45, 7) is 3.00. The maximum Gasteiger partial charge on any atom is 0.341 e. The number of carbonyl (C=O) groups excluding carboxylic acids is 2. The minimum Gasteiger partial charge on any atom is -0.465 e. The maximum absolute atomic E-state index is 12.0. The highest BCUT2D eigenvalue weighted by atomic mass is 16.5. The molecular weight excluding hydrogens is 320 g/mol. The predicted molar refractivity (Wildman–Crippen MR) is 94.3 cm³/mol. The van der Waals surface area contributed by atoms with Crippen molar-refractivity contribution >= 4 is 11.9 Å². The van der Waals surface area contributed by atoms with Gasteiger partial charge in [0.1, 0.15) is 17.1 Å². The Morgan fingerprint density at radius 1 is 1.24 bits per heavy atom. The van der Waals surface area contributed by atoms with E-state index in [1.54, 1.807) is 13.0 Å². The van der Waals surface area contributed by atoms with Gasteiger partial charge in [0.2, 0.25) is 5.91 Å². The second-order valence-electron chi connectivity index (χ2n) is 5.93. The van der Waals surface area contributed by atoms with Crippen molar-refractivity contribution in [2.75, 3.05) is 27.2 Å². The number of aryl methyl sites for hydroxylation is 1. The van der Waals surface area contributed by atoms with Gasteiger partial charge in [-0.25, -0.2) is 4.79 Å². The van der Waals surface area contributed by atoms with E-state index >= 15 is 0 Å². The topological polar surface area (TPSA) is 71.8 Å². The molecule has 0 aliphatic heterocycles. The van der Waals surface area contributed by atoms with Crippen molar-refractivity contribution in [1.29, 1.82) is 0 Å². The molecule has 134 valence electrons. The largest absolute Gasteiger partial charge is 0.465 e. The molecule has 1 N–H and O–H groups in total. The lowest BCUT2D eigenvalue weighted by Gasteiger charge is -2.14. The monoisotopic (exact) mass is 344 g/mol. The molecule has 0 aliphatic carbocycles. The van der Waals surface area contributed by atoms with Crippen LogP contribution in [-0.2, 0) is 22.5 Å². The number of hydrogen-bond acceptors (Lipinski definition) is 5. The Kier molecular flexibility index (Phi) is 6.77. The van der Waals surface area contributed by atoms with Crippen LogP contribution in [0.5, 0.6) is 0 Å². The first kappa shape index (κ1) is 18.7. The predicted octanol–water partition coefficient (Wildman–Crippen LogP) is 2.17. The van der Waals surface area contributed by atoms with Gasteiger partial charge in [-0.2, -0.15) is 0 Å². The van der Waals surface area contributed by atoms with Crippen LogP contribution in [0.1, 0.15) is 27.4 Å². The Hall–Kier alpha value is -2.60. The van der Waals surface area contributed by atoms with Crippen molar-refractivity contribution in [3.8, 4) is 0 Å². The van der Waals surface area contributed by atoms with Crippen LogP contribution in [-0.4, -0.2) is 44.0 Å². The highest BCUT2D eigenvalue weighted by Gasteiger charge is 2.16. The molecule has 2 rings (SSSR count). The van der Waals surface area contributed by atoms with Crippen LogP contribution < -0.4 is 5.32 Å². The van der Waals surface area contributed by atoms with E-state index in [0.29, 0.717) is 30.2 Å². The standard InChI is InChI=1S/C19H24N2O4/c1-14-17(19(23)24-3)11-16(25-14)12-21(2)13-18(22)20-10-9-15-7-5-4-6-8-15/h4-8,11H,9-10,12-13H2,1-3H3,(H,20,22). The fourth-order valence-electron chi connectivity index (χ4n) is 2.55. The first-order valence-electron chi connectivity index (χ1n) is 8.16. The van der Waals surface area contributed by atoms with E-state index in [0.717, 1.165) is 6.42 Å². The van der Waals surface area contributed by atoms with Crippen LogP contribution in [0.3, 0.4) is 0 Å². The summed E-state index contributed by atoms with van der Waals surface area (Å²) >= 11 is 0. The quantitative estimate of drug-likeness (QED) is 0.743. The lowest BCUT2D eigenvalue weighted by Crippen LogP contribution is -2.35. The molecule has 0 saturated carbocycles. The van der Waals surface area contributed by atoms with Crippen molar-refractivity contribution in [1.82, 2.24) is 10.2 Å². The van der Waals surface area contributed by atoms with Crippen molar-refractivity contribution < 1.29 is 18.7 Å². The van der Waals surface area contributed by atoms with E-state index in [-0.39, 0.29) is 12.5 Å². The average molecular weight is 344 g/mol. The number of nitrogens with zero attached hydrogens (tertiary/aromatic N) is 1. The molecule has 0 bridgehead atoms. The molecule has 6 heteroatoms. The van der Waals surface area contributed by atoms with E-state index in [9.17, 15) is 9.59 Å².